The van der Waals surface area contributed by atoms with Crippen LogP contribution in [0.3, 0.4) is 0 Å². The molecule has 114 valence electrons. The molecular formula is C17H19N3O2. The van der Waals surface area contributed by atoms with Crippen LogP contribution in [0.15, 0.2) is 29.1 Å². The van der Waals surface area contributed by atoms with Gasteiger partial charge in [0.15, 0.2) is 0 Å². The lowest BCUT2D eigenvalue weighted by Gasteiger charge is -2.19. The summed E-state index contributed by atoms with van der Waals surface area (Å²) in [6.07, 6.45) is 0. The summed E-state index contributed by atoms with van der Waals surface area (Å²) in [5, 5.41) is 4.14. The highest BCUT2D eigenvalue weighted by atomic mass is 16.2. The van der Waals surface area contributed by atoms with Crippen LogP contribution in [0, 0.1) is 13.8 Å². The third-order valence-corrected chi connectivity index (χ3v) is 4.40. The number of hydrogen-bond acceptors (Lipinski definition) is 3. The number of carbonyl (C=O) groups is 1. The molecule has 0 N–H and O–H groups in total. The SMILES string of the molecule is Cc1nn(C)c(=O)c(C(=O)N2CC(C)c3ccccc32)c1C. The predicted molar refractivity (Wildman–Crippen MR) is 85.5 cm³/mol. The van der Waals surface area contributed by atoms with Crippen molar-refractivity contribution in [1.82, 2.24) is 9.78 Å². The highest BCUT2D eigenvalue weighted by Gasteiger charge is 2.32. The molecule has 0 fully saturated rings. The van der Waals surface area contributed by atoms with Crippen molar-refractivity contribution in [1.29, 1.82) is 0 Å². The topological polar surface area (TPSA) is 55.2 Å². The Labute approximate surface area is 129 Å². The van der Waals surface area contributed by atoms with Crippen LogP contribution in [0.5, 0.6) is 0 Å². The average molecular weight is 297 g/mol. The van der Waals surface area contributed by atoms with Gasteiger partial charge in [0.1, 0.15) is 5.56 Å². The molecule has 0 aliphatic carbocycles. The van der Waals surface area contributed by atoms with E-state index in [-0.39, 0.29) is 22.9 Å². The van der Waals surface area contributed by atoms with Crippen LogP contribution in [0.2, 0.25) is 0 Å². The molecule has 1 unspecified atom stereocenters. The summed E-state index contributed by atoms with van der Waals surface area (Å²) in [6, 6.07) is 7.87. The molecule has 0 spiro atoms. The summed E-state index contributed by atoms with van der Waals surface area (Å²) < 4.78 is 1.24. The van der Waals surface area contributed by atoms with E-state index >= 15 is 0 Å². The van der Waals surface area contributed by atoms with Crippen molar-refractivity contribution in [3.8, 4) is 0 Å². The standard InChI is InChI=1S/C17H19N3O2/c1-10-9-20(14-8-6-5-7-13(10)14)17(22)15-11(2)12(3)18-19(4)16(15)21/h5-8,10H,9H2,1-4H3. The zero-order valence-corrected chi connectivity index (χ0v) is 13.3. The van der Waals surface area contributed by atoms with Crippen LogP contribution in [-0.4, -0.2) is 22.2 Å². The minimum absolute atomic E-state index is 0.221. The molecular weight excluding hydrogens is 278 g/mol. The molecule has 1 amide bonds. The molecule has 22 heavy (non-hydrogen) atoms. The van der Waals surface area contributed by atoms with E-state index in [2.05, 4.69) is 12.0 Å². The van der Waals surface area contributed by atoms with Crippen molar-refractivity contribution >= 4 is 11.6 Å². The minimum atomic E-state index is -0.342. The Morgan fingerprint density at radius 1 is 1.27 bits per heavy atom. The summed E-state index contributed by atoms with van der Waals surface area (Å²) in [5.74, 6) is 0.0349. The molecule has 1 atom stereocenters. The lowest BCUT2D eigenvalue weighted by molar-refractivity contribution is 0.0985. The van der Waals surface area contributed by atoms with E-state index in [0.717, 1.165) is 11.3 Å². The molecule has 1 aliphatic heterocycles. The Morgan fingerprint density at radius 2 is 1.95 bits per heavy atom. The van der Waals surface area contributed by atoms with Crippen molar-refractivity contribution in [2.45, 2.75) is 26.7 Å². The van der Waals surface area contributed by atoms with Gasteiger partial charge >= 0.3 is 0 Å². The van der Waals surface area contributed by atoms with Gasteiger partial charge < -0.3 is 4.90 Å². The smallest absolute Gasteiger partial charge is 0.279 e. The first-order valence-corrected chi connectivity index (χ1v) is 7.37. The fourth-order valence-corrected chi connectivity index (χ4v) is 3.05. The average Bonchev–Trinajstić information content (AvgIpc) is 2.83. The van der Waals surface area contributed by atoms with E-state index in [0.29, 0.717) is 17.8 Å². The Bertz CT molecular complexity index is 823. The first kappa shape index (κ1) is 14.5. The number of para-hydroxylation sites is 1. The first-order chi connectivity index (χ1) is 10.4. The normalized spacial score (nSPS) is 16.7. The second kappa shape index (κ2) is 5.09. The van der Waals surface area contributed by atoms with Gasteiger partial charge in [-0.1, -0.05) is 25.1 Å². The van der Waals surface area contributed by atoms with Crippen LogP contribution >= 0.6 is 0 Å². The maximum Gasteiger partial charge on any atom is 0.279 e. The zero-order valence-electron chi connectivity index (χ0n) is 13.3. The number of rotatable bonds is 1. The number of aromatic nitrogens is 2. The quantitative estimate of drug-likeness (QED) is 0.810. The van der Waals surface area contributed by atoms with Gasteiger partial charge in [-0.05, 0) is 31.0 Å². The fourth-order valence-electron chi connectivity index (χ4n) is 3.05. The summed E-state index contributed by atoms with van der Waals surface area (Å²) in [4.78, 5) is 27.1. The van der Waals surface area contributed by atoms with Gasteiger partial charge in [-0.2, -0.15) is 5.10 Å². The number of carbonyl (C=O) groups excluding carboxylic acids is 1. The zero-order chi connectivity index (χ0) is 16.0. The number of anilines is 1. The number of benzene rings is 1. The molecule has 5 heteroatoms. The Kier molecular flexibility index (Phi) is 3.35. The molecule has 0 radical (unpaired) electrons. The summed E-state index contributed by atoms with van der Waals surface area (Å²) in [5.41, 5.74) is 3.28. The summed E-state index contributed by atoms with van der Waals surface area (Å²) >= 11 is 0. The van der Waals surface area contributed by atoms with Gasteiger partial charge in [-0.25, -0.2) is 4.68 Å². The van der Waals surface area contributed by atoms with E-state index in [4.69, 9.17) is 0 Å². The van der Waals surface area contributed by atoms with Crippen LogP contribution in [-0.2, 0) is 7.05 Å². The predicted octanol–water partition coefficient (Wildman–Crippen LogP) is 2.16. The van der Waals surface area contributed by atoms with Crippen LogP contribution in [0.25, 0.3) is 0 Å². The van der Waals surface area contributed by atoms with E-state index in [1.165, 1.54) is 4.68 Å². The van der Waals surface area contributed by atoms with Crippen molar-refractivity contribution in [2.75, 3.05) is 11.4 Å². The molecule has 2 heterocycles. The molecule has 0 bridgehead atoms. The third kappa shape index (κ3) is 2.04. The Hall–Kier alpha value is -2.43. The molecule has 3 rings (SSSR count). The minimum Gasteiger partial charge on any atom is -0.307 e. The van der Waals surface area contributed by atoms with E-state index in [1.807, 2.05) is 31.2 Å². The largest absolute Gasteiger partial charge is 0.307 e. The maximum atomic E-state index is 13.0. The van der Waals surface area contributed by atoms with Crippen molar-refractivity contribution in [3.63, 3.8) is 0 Å². The highest BCUT2D eigenvalue weighted by molar-refractivity contribution is 6.08. The third-order valence-electron chi connectivity index (χ3n) is 4.40. The molecule has 0 saturated heterocycles. The van der Waals surface area contributed by atoms with Crippen molar-refractivity contribution < 1.29 is 4.79 Å². The van der Waals surface area contributed by atoms with Crippen LogP contribution < -0.4 is 10.5 Å². The Balaban J connectivity index is 2.13. The number of hydrogen-bond donors (Lipinski definition) is 0. The molecule has 2 aromatic rings. The molecule has 0 saturated carbocycles. The molecule has 5 nitrogen and oxygen atoms in total. The second-order valence-electron chi connectivity index (χ2n) is 5.89. The van der Waals surface area contributed by atoms with E-state index in [9.17, 15) is 9.59 Å². The first-order valence-electron chi connectivity index (χ1n) is 7.37. The maximum absolute atomic E-state index is 13.0. The number of amides is 1. The fraction of sp³-hybridized carbons (Fsp3) is 0.353. The van der Waals surface area contributed by atoms with Gasteiger partial charge in [0.25, 0.3) is 11.5 Å². The lowest BCUT2D eigenvalue weighted by Crippen LogP contribution is -2.37. The highest BCUT2D eigenvalue weighted by Crippen LogP contribution is 2.36. The number of aryl methyl sites for hydroxylation is 2. The van der Waals surface area contributed by atoms with Gasteiger partial charge in [0.2, 0.25) is 0 Å². The molecule has 1 aromatic heterocycles. The monoisotopic (exact) mass is 297 g/mol. The van der Waals surface area contributed by atoms with Crippen LogP contribution in [0.1, 0.15) is 40.0 Å². The van der Waals surface area contributed by atoms with Gasteiger partial charge in [0, 0.05) is 25.2 Å². The second-order valence-corrected chi connectivity index (χ2v) is 5.89. The van der Waals surface area contributed by atoms with Crippen molar-refractivity contribution in [3.05, 3.63) is 57.0 Å². The van der Waals surface area contributed by atoms with Gasteiger partial charge in [0.05, 0.1) is 5.69 Å². The lowest BCUT2D eigenvalue weighted by atomic mass is 10.0. The number of nitrogens with zero attached hydrogens (tertiary/aromatic N) is 3. The summed E-state index contributed by atoms with van der Waals surface area (Å²) in [7, 11) is 1.58. The Morgan fingerprint density at radius 3 is 2.68 bits per heavy atom. The van der Waals surface area contributed by atoms with E-state index in [1.54, 1.807) is 18.9 Å². The number of fused-ring (bicyclic) bond motifs is 1. The van der Waals surface area contributed by atoms with Gasteiger partial charge in [-0.15, -0.1) is 0 Å². The summed E-state index contributed by atoms with van der Waals surface area (Å²) in [6.45, 7) is 6.28. The molecule has 1 aliphatic rings. The van der Waals surface area contributed by atoms with E-state index < -0.39 is 0 Å². The van der Waals surface area contributed by atoms with Crippen molar-refractivity contribution in [2.24, 2.45) is 7.05 Å². The van der Waals surface area contributed by atoms with Gasteiger partial charge in [-0.3, -0.25) is 9.59 Å². The van der Waals surface area contributed by atoms with Crippen LogP contribution in [0.4, 0.5) is 5.69 Å². The molecule has 1 aromatic carbocycles.